The van der Waals surface area contributed by atoms with Gasteiger partial charge in [-0.15, -0.1) is 10.2 Å². The molecule has 214 valence electrons. The Morgan fingerprint density at radius 1 is 0.780 bits per heavy atom. The van der Waals surface area contributed by atoms with Crippen LogP contribution >= 0.6 is 61.2 Å². The van der Waals surface area contributed by atoms with Crippen LogP contribution in [0.4, 0.5) is 0 Å². The van der Waals surface area contributed by atoms with Crippen LogP contribution in [0.3, 0.4) is 0 Å². The van der Waals surface area contributed by atoms with Crippen molar-refractivity contribution in [2.75, 3.05) is 0 Å². The monoisotopic (exact) mass is 806 g/mol. The Morgan fingerprint density at radius 3 is 1.49 bits per heavy atom. The van der Waals surface area contributed by atoms with Gasteiger partial charge in [0.25, 0.3) is 26.5 Å². The molecule has 0 fully saturated rings. The van der Waals surface area contributed by atoms with Crippen LogP contribution in [0.1, 0.15) is 0 Å². The maximum absolute atomic E-state index is 11.2. The number of carboxylic acid groups (broad SMARTS) is 1. The number of aromatic nitrogens is 6. The Hall–Kier alpha value is -2.86. The second-order valence-corrected chi connectivity index (χ2v) is 15.2. The van der Waals surface area contributed by atoms with Crippen molar-refractivity contribution in [2.24, 2.45) is 10.3 Å². The molecule has 2 aromatic carbocycles. The molecule has 0 radical (unpaired) electrons. The summed E-state index contributed by atoms with van der Waals surface area (Å²) < 4.78 is 49.4. The summed E-state index contributed by atoms with van der Waals surface area (Å²) in [5.41, 5.74) is 3.36. The van der Waals surface area contributed by atoms with Crippen LogP contribution < -0.4 is 10.3 Å². The van der Waals surface area contributed by atoms with Crippen molar-refractivity contribution in [3.8, 4) is 22.5 Å². The second-order valence-electron chi connectivity index (χ2n) is 7.65. The lowest BCUT2D eigenvalue weighted by Gasteiger charge is -1.95. The number of carbonyl (C=O) groups is 1. The first-order chi connectivity index (χ1) is 19.3. The van der Waals surface area contributed by atoms with Crippen LogP contribution in [-0.4, -0.2) is 57.6 Å². The third kappa shape index (κ3) is 7.71. The van der Waals surface area contributed by atoms with E-state index in [9.17, 15) is 16.8 Å². The molecule has 0 atom stereocenters. The van der Waals surface area contributed by atoms with Crippen molar-refractivity contribution in [1.82, 2.24) is 29.2 Å². The summed E-state index contributed by atoms with van der Waals surface area (Å²) >= 11 is 7.48. The number of sulfonamides is 2. The quantitative estimate of drug-likeness (QED) is 0.174. The van der Waals surface area contributed by atoms with Crippen LogP contribution in [-0.2, 0) is 24.8 Å². The van der Waals surface area contributed by atoms with E-state index in [2.05, 4.69) is 58.7 Å². The normalized spacial score (nSPS) is 11.5. The summed E-state index contributed by atoms with van der Waals surface area (Å²) in [6.07, 6.45) is 3.35. The molecule has 0 unspecified atom stereocenters. The van der Waals surface area contributed by atoms with E-state index >= 15 is 0 Å². The van der Waals surface area contributed by atoms with Crippen molar-refractivity contribution >= 4 is 97.6 Å². The first kappa shape index (κ1) is 31.1. The van der Waals surface area contributed by atoms with Crippen LogP contribution in [0.25, 0.3) is 32.4 Å². The molecule has 14 nitrogen and oxygen atoms in total. The van der Waals surface area contributed by atoms with Crippen molar-refractivity contribution in [1.29, 1.82) is 0 Å². The summed E-state index contributed by atoms with van der Waals surface area (Å²) in [4.78, 5) is 18.0. The first-order valence-corrected chi connectivity index (χ1v) is 17.3. The van der Waals surface area contributed by atoms with E-state index in [1.54, 1.807) is 12.4 Å². The van der Waals surface area contributed by atoms with Crippen molar-refractivity contribution in [3.05, 3.63) is 69.0 Å². The highest BCUT2D eigenvalue weighted by Gasteiger charge is 2.18. The minimum Gasteiger partial charge on any atom is -0.483 e. The van der Waals surface area contributed by atoms with Gasteiger partial charge in [0.1, 0.15) is 0 Å². The maximum Gasteiger partial charge on any atom is 0.290 e. The highest BCUT2D eigenvalue weighted by atomic mass is 123. The number of nitrogens with zero attached hydrogens (tertiary/aromatic N) is 6. The molecule has 6 rings (SSSR count). The van der Waals surface area contributed by atoms with Gasteiger partial charge in [0.05, 0.1) is 23.8 Å². The third-order valence-corrected chi connectivity index (χ3v) is 10.5. The van der Waals surface area contributed by atoms with E-state index < -0.39 is 20.0 Å². The van der Waals surface area contributed by atoms with Crippen LogP contribution in [0.2, 0.25) is 0 Å². The summed E-state index contributed by atoms with van der Waals surface area (Å²) in [7, 11) is -7.55. The van der Waals surface area contributed by atoms with Crippen LogP contribution in [0, 0.1) is 3.57 Å². The SMILES string of the molecule is NS(=O)(=O)c1nn2cc(-c3ccc(Br)cc3)nc2s1.NS(=O)(=O)c1nn2cc(-c3ccc([123I])cc3)nc2s1.O=CO. The number of hydrogen-bond donors (Lipinski definition) is 3. The molecule has 0 aliphatic rings. The van der Waals surface area contributed by atoms with Gasteiger partial charge in [0.2, 0.25) is 18.6 Å². The van der Waals surface area contributed by atoms with E-state index in [-0.39, 0.29) is 15.2 Å². The van der Waals surface area contributed by atoms with E-state index in [4.69, 9.17) is 20.2 Å². The average molecular weight is 807 g/mol. The van der Waals surface area contributed by atoms with Gasteiger partial charge in [-0.1, -0.05) is 62.9 Å². The molecule has 20 heteroatoms. The zero-order chi connectivity index (χ0) is 29.9. The lowest BCUT2D eigenvalue weighted by Crippen LogP contribution is -2.12. The topological polar surface area (TPSA) is 218 Å². The Morgan fingerprint density at radius 2 is 1.15 bits per heavy atom. The molecule has 0 bridgehead atoms. The molecule has 0 saturated carbocycles. The fourth-order valence-electron chi connectivity index (χ4n) is 3.11. The molecule has 0 spiro atoms. The summed E-state index contributed by atoms with van der Waals surface area (Å²) in [6.45, 7) is -0.250. The number of imidazole rings is 2. The van der Waals surface area contributed by atoms with Gasteiger partial charge in [-0.2, -0.15) is 0 Å². The van der Waals surface area contributed by atoms with Crippen molar-refractivity contribution < 1.29 is 26.7 Å². The predicted molar refractivity (Wildman–Crippen MR) is 164 cm³/mol. The van der Waals surface area contributed by atoms with Gasteiger partial charge in [-0.3, -0.25) is 4.79 Å². The number of rotatable bonds is 4. The first-order valence-electron chi connectivity index (χ1n) is 10.7. The second kappa shape index (κ2) is 12.6. The molecular weight excluding hydrogens is 791 g/mol. The highest BCUT2D eigenvalue weighted by Crippen LogP contribution is 2.26. The van der Waals surface area contributed by atoms with Gasteiger partial charge in [-0.05, 0) is 46.9 Å². The standard InChI is InChI=1S/C10H7BrN4O2S2.C10H7IN4O2S2.CH2O2/c2*11-7-3-1-6(2-4-7)8-5-15-9(13-8)18-10(14-15)19(12,16)17;2-1-3/h2*1-5H,(H2,12,16,17);1H,(H,2,3)/i;11-4;. The predicted octanol–water partition coefficient (Wildman–Crippen LogP) is 3.28. The number of nitrogens with two attached hydrogens (primary N) is 2. The van der Waals surface area contributed by atoms with E-state index in [1.807, 2.05) is 48.5 Å². The van der Waals surface area contributed by atoms with Crippen LogP contribution in [0.15, 0.2) is 74.1 Å². The Balaban J connectivity index is 0.000000173. The number of primary sulfonamides is 2. The van der Waals surface area contributed by atoms with Gasteiger partial charge in [-0.25, -0.2) is 46.1 Å². The van der Waals surface area contributed by atoms with Gasteiger partial charge in [0.15, 0.2) is 0 Å². The molecule has 0 aliphatic carbocycles. The fraction of sp³-hybridized carbons (Fsp3) is 0. The zero-order valence-corrected chi connectivity index (χ0v) is 27.1. The number of halogens is 2. The van der Waals surface area contributed by atoms with Crippen LogP contribution in [0.5, 0.6) is 0 Å². The fourth-order valence-corrected chi connectivity index (χ4v) is 6.75. The molecule has 4 heterocycles. The molecule has 5 N–H and O–H groups in total. The summed E-state index contributed by atoms with van der Waals surface area (Å²) in [5, 5.41) is 24.7. The molecule has 0 saturated heterocycles. The van der Waals surface area contributed by atoms with E-state index in [0.717, 1.165) is 53.2 Å². The minimum atomic E-state index is -3.78. The summed E-state index contributed by atoms with van der Waals surface area (Å²) in [6, 6.07) is 15.5. The molecule has 0 amide bonds. The number of benzene rings is 2. The van der Waals surface area contributed by atoms with Gasteiger partial charge >= 0.3 is 0 Å². The smallest absolute Gasteiger partial charge is 0.290 e. The molecular formula is C21H16BrIN8O6S4. The molecule has 6 aromatic rings. The Bertz CT molecular complexity index is 1840. The summed E-state index contributed by atoms with van der Waals surface area (Å²) in [5.74, 6) is 0. The average Bonchev–Trinajstić information content (AvgIpc) is 3.64. The largest absolute Gasteiger partial charge is 0.483 e. The minimum absolute atomic E-state index is 0.135. The Kier molecular flexibility index (Phi) is 9.52. The molecule has 41 heavy (non-hydrogen) atoms. The Labute approximate surface area is 262 Å². The lowest BCUT2D eigenvalue weighted by atomic mass is 10.2. The lowest BCUT2D eigenvalue weighted by molar-refractivity contribution is -0.122. The molecule has 0 aliphatic heterocycles. The van der Waals surface area contributed by atoms with E-state index in [1.165, 1.54) is 9.03 Å². The maximum atomic E-state index is 11.2. The van der Waals surface area contributed by atoms with Gasteiger partial charge < -0.3 is 5.11 Å². The highest BCUT2D eigenvalue weighted by molar-refractivity contribution is 14.1. The van der Waals surface area contributed by atoms with Crippen molar-refractivity contribution in [2.45, 2.75) is 8.68 Å². The number of hydrogen-bond acceptors (Lipinski definition) is 11. The third-order valence-electron chi connectivity index (χ3n) is 4.82. The van der Waals surface area contributed by atoms with E-state index in [0.29, 0.717) is 9.92 Å². The molecule has 4 aromatic heterocycles. The zero-order valence-electron chi connectivity index (χ0n) is 20.1. The number of fused-ring (bicyclic) bond motifs is 2. The van der Waals surface area contributed by atoms with Crippen molar-refractivity contribution in [3.63, 3.8) is 0 Å². The van der Waals surface area contributed by atoms with Gasteiger partial charge in [0, 0.05) is 19.2 Å².